The number of aryl methyl sites for hydroxylation is 1. The van der Waals surface area contributed by atoms with Crippen LogP contribution in [0, 0.1) is 6.92 Å². The van der Waals surface area contributed by atoms with Crippen molar-refractivity contribution in [2.24, 2.45) is 4.99 Å². The second-order valence-corrected chi connectivity index (χ2v) is 4.01. The first kappa shape index (κ1) is 9.21. The molecule has 0 radical (unpaired) electrons. The summed E-state index contributed by atoms with van der Waals surface area (Å²) >= 11 is 0. The molecule has 3 rings (SSSR count). The molecule has 3 nitrogen and oxygen atoms in total. The van der Waals surface area contributed by atoms with Crippen molar-refractivity contribution in [3.63, 3.8) is 0 Å². The van der Waals surface area contributed by atoms with Crippen molar-refractivity contribution in [2.75, 3.05) is 5.32 Å². The van der Waals surface area contributed by atoms with Gasteiger partial charge in [-0.1, -0.05) is 17.7 Å². The van der Waals surface area contributed by atoms with E-state index in [1.165, 1.54) is 16.8 Å². The molecule has 16 heavy (non-hydrogen) atoms. The van der Waals surface area contributed by atoms with Crippen LogP contribution in [-0.2, 0) is 6.54 Å². The summed E-state index contributed by atoms with van der Waals surface area (Å²) in [5, 5.41) is 3.20. The van der Waals surface area contributed by atoms with Gasteiger partial charge in [0.05, 0.1) is 12.9 Å². The third kappa shape index (κ3) is 1.41. The Labute approximate surface area is 94.4 Å². The Morgan fingerprint density at radius 3 is 2.81 bits per heavy atom. The number of benzene rings is 1. The minimum atomic E-state index is 0.765. The molecule has 1 aliphatic rings. The van der Waals surface area contributed by atoms with Crippen molar-refractivity contribution in [2.45, 2.75) is 13.5 Å². The lowest BCUT2D eigenvalue weighted by molar-refractivity contribution is 1.02. The summed E-state index contributed by atoms with van der Waals surface area (Å²) in [5.74, 6) is 1.12. The summed E-state index contributed by atoms with van der Waals surface area (Å²) in [6.45, 7) is 2.86. The molecule has 3 heteroatoms. The van der Waals surface area contributed by atoms with E-state index < -0.39 is 0 Å². The van der Waals surface area contributed by atoms with Gasteiger partial charge >= 0.3 is 0 Å². The molecule has 1 aromatic heterocycles. The van der Waals surface area contributed by atoms with E-state index in [2.05, 4.69) is 58.3 Å². The highest BCUT2D eigenvalue weighted by molar-refractivity contribution is 5.79. The van der Waals surface area contributed by atoms with Crippen LogP contribution in [0.1, 0.15) is 11.1 Å². The number of anilines is 1. The fourth-order valence-electron chi connectivity index (χ4n) is 1.93. The lowest BCUT2D eigenvalue weighted by Crippen LogP contribution is -2.08. The van der Waals surface area contributed by atoms with E-state index in [0.717, 1.165) is 12.4 Å². The van der Waals surface area contributed by atoms with E-state index in [1.807, 2.05) is 0 Å². The van der Waals surface area contributed by atoms with Gasteiger partial charge in [0.15, 0.2) is 0 Å². The Balaban J connectivity index is 2.08. The molecule has 0 amide bonds. The fourth-order valence-corrected chi connectivity index (χ4v) is 1.93. The standard InChI is InChI=1S/C13H13N3/c1-10-2-4-12(5-3-10)16-7-6-11-8-14-9-15-13(11)16/h2-7,9H,8H2,1H3,(H,14,15). The SMILES string of the molecule is Cc1ccc(-n2ccc3c2NC=NC3)cc1. The third-order valence-electron chi connectivity index (χ3n) is 2.84. The van der Waals surface area contributed by atoms with Gasteiger partial charge in [-0.15, -0.1) is 0 Å². The second-order valence-electron chi connectivity index (χ2n) is 4.01. The Hall–Kier alpha value is -2.03. The summed E-state index contributed by atoms with van der Waals surface area (Å²) in [4.78, 5) is 4.19. The maximum atomic E-state index is 4.19. The van der Waals surface area contributed by atoms with Crippen molar-refractivity contribution in [3.8, 4) is 5.69 Å². The molecule has 0 fully saturated rings. The van der Waals surface area contributed by atoms with Crippen molar-refractivity contribution < 1.29 is 0 Å². The van der Waals surface area contributed by atoms with Crippen LogP contribution in [0.2, 0.25) is 0 Å². The van der Waals surface area contributed by atoms with Gasteiger partial charge in [0, 0.05) is 17.4 Å². The van der Waals surface area contributed by atoms with Crippen LogP contribution in [0.4, 0.5) is 5.82 Å². The maximum Gasteiger partial charge on any atom is 0.120 e. The average molecular weight is 211 g/mol. The minimum absolute atomic E-state index is 0.765. The molecule has 1 aromatic carbocycles. The zero-order valence-electron chi connectivity index (χ0n) is 9.14. The number of aromatic nitrogens is 1. The van der Waals surface area contributed by atoms with Gasteiger partial charge in [-0.2, -0.15) is 0 Å². The molecule has 0 saturated carbocycles. The van der Waals surface area contributed by atoms with E-state index in [0.29, 0.717) is 0 Å². The lowest BCUT2D eigenvalue weighted by Gasteiger charge is -2.13. The topological polar surface area (TPSA) is 29.3 Å². The zero-order chi connectivity index (χ0) is 11.0. The quantitative estimate of drug-likeness (QED) is 0.772. The van der Waals surface area contributed by atoms with Crippen molar-refractivity contribution >= 4 is 12.2 Å². The van der Waals surface area contributed by atoms with E-state index in [9.17, 15) is 0 Å². The third-order valence-corrected chi connectivity index (χ3v) is 2.84. The maximum absolute atomic E-state index is 4.19. The fraction of sp³-hybridized carbons (Fsp3) is 0.154. The zero-order valence-corrected chi connectivity index (χ0v) is 9.14. The second kappa shape index (κ2) is 3.52. The summed E-state index contributed by atoms with van der Waals surface area (Å²) < 4.78 is 2.15. The highest BCUT2D eigenvalue weighted by Gasteiger charge is 2.11. The molecule has 0 aliphatic carbocycles. The highest BCUT2D eigenvalue weighted by atomic mass is 15.1. The molecule has 0 unspecified atom stereocenters. The van der Waals surface area contributed by atoms with Crippen LogP contribution >= 0.6 is 0 Å². The van der Waals surface area contributed by atoms with E-state index in [-0.39, 0.29) is 0 Å². The number of rotatable bonds is 1. The Morgan fingerprint density at radius 2 is 2.00 bits per heavy atom. The molecule has 2 aromatic rings. The van der Waals surface area contributed by atoms with E-state index >= 15 is 0 Å². The summed E-state index contributed by atoms with van der Waals surface area (Å²) in [6, 6.07) is 10.6. The van der Waals surface area contributed by atoms with E-state index in [4.69, 9.17) is 0 Å². The molecule has 0 spiro atoms. The van der Waals surface area contributed by atoms with Gasteiger partial charge in [-0.25, -0.2) is 0 Å². The Bertz CT molecular complexity index is 535. The van der Waals surface area contributed by atoms with Gasteiger partial charge < -0.3 is 9.88 Å². The summed E-state index contributed by atoms with van der Waals surface area (Å²) in [5.41, 5.74) is 3.69. The van der Waals surface area contributed by atoms with Crippen molar-refractivity contribution in [1.29, 1.82) is 0 Å². The van der Waals surface area contributed by atoms with Crippen LogP contribution < -0.4 is 5.32 Å². The Morgan fingerprint density at radius 1 is 1.19 bits per heavy atom. The number of fused-ring (bicyclic) bond motifs is 1. The van der Waals surface area contributed by atoms with Gasteiger partial charge in [0.1, 0.15) is 5.82 Å². The highest BCUT2D eigenvalue weighted by Crippen LogP contribution is 2.24. The average Bonchev–Trinajstić information content (AvgIpc) is 2.74. The molecule has 0 atom stereocenters. The largest absolute Gasteiger partial charge is 0.332 e. The molecule has 0 bridgehead atoms. The molecule has 1 N–H and O–H groups in total. The Kier molecular flexibility index (Phi) is 2.03. The van der Waals surface area contributed by atoms with Gasteiger partial charge in [0.25, 0.3) is 0 Å². The predicted molar refractivity (Wildman–Crippen MR) is 66.3 cm³/mol. The molecule has 1 aliphatic heterocycles. The number of aliphatic imine (C=N–C) groups is 1. The number of hydrogen-bond donors (Lipinski definition) is 1. The first-order chi connectivity index (χ1) is 7.84. The van der Waals surface area contributed by atoms with Crippen molar-refractivity contribution in [1.82, 2.24) is 4.57 Å². The monoisotopic (exact) mass is 211 g/mol. The first-order valence-corrected chi connectivity index (χ1v) is 5.37. The van der Waals surface area contributed by atoms with Crippen LogP contribution in [0.25, 0.3) is 5.69 Å². The molecule has 2 heterocycles. The smallest absolute Gasteiger partial charge is 0.120 e. The normalized spacial score (nSPS) is 13.3. The predicted octanol–water partition coefficient (Wildman–Crippen LogP) is 2.74. The van der Waals surface area contributed by atoms with E-state index in [1.54, 1.807) is 6.34 Å². The van der Waals surface area contributed by atoms with Gasteiger partial charge in [0.2, 0.25) is 0 Å². The molecular formula is C13H13N3. The van der Waals surface area contributed by atoms with Gasteiger partial charge in [-0.05, 0) is 25.1 Å². The summed E-state index contributed by atoms with van der Waals surface area (Å²) in [6.07, 6.45) is 3.84. The lowest BCUT2D eigenvalue weighted by atomic mass is 10.2. The first-order valence-electron chi connectivity index (χ1n) is 5.37. The molecule has 80 valence electrons. The number of hydrogen-bond acceptors (Lipinski definition) is 2. The molecular weight excluding hydrogens is 198 g/mol. The van der Waals surface area contributed by atoms with Gasteiger partial charge in [-0.3, -0.25) is 4.99 Å². The van der Waals surface area contributed by atoms with Crippen LogP contribution in [-0.4, -0.2) is 10.9 Å². The van der Waals surface area contributed by atoms with Crippen LogP contribution in [0.3, 0.4) is 0 Å². The minimum Gasteiger partial charge on any atom is -0.332 e. The van der Waals surface area contributed by atoms with Crippen LogP contribution in [0.5, 0.6) is 0 Å². The molecule has 0 saturated heterocycles. The number of nitrogens with one attached hydrogen (secondary N) is 1. The van der Waals surface area contributed by atoms with Crippen LogP contribution in [0.15, 0.2) is 41.5 Å². The van der Waals surface area contributed by atoms with Crippen molar-refractivity contribution in [3.05, 3.63) is 47.7 Å². The number of nitrogens with zero attached hydrogens (tertiary/aromatic N) is 2. The summed E-state index contributed by atoms with van der Waals surface area (Å²) in [7, 11) is 0.